The van der Waals surface area contributed by atoms with Gasteiger partial charge in [0.15, 0.2) is 0 Å². The van der Waals surface area contributed by atoms with Crippen molar-refractivity contribution in [1.29, 1.82) is 0 Å². The van der Waals surface area contributed by atoms with Gasteiger partial charge in [-0.2, -0.15) is 0 Å². The van der Waals surface area contributed by atoms with Crippen LogP contribution in [0.3, 0.4) is 0 Å². The van der Waals surface area contributed by atoms with E-state index in [0.29, 0.717) is 0 Å². The van der Waals surface area contributed by atoms with Gasteiger partial charge in [-0.15, -0.1) is 0 Å². The lowest BCUT2D eigenvalue weighted by Gasteiger charge is -2.13. The van der Waals surface area contributed by atoms with E-state index in [1.54, 1.807) is 0 Å². The second-order valence-corrected chi connectivity index (χ2v) is 5.73. The number of fused-ring (bicyclic) bond motifs is 2. The topological polar surface area (TPSA) is 50.4 Å². The predicted molar refractivity (Wildman–Crippen MR) is 88.8 cm³/mol. The fourth-order valence-electron chi connectivity index (χ4n) is 2.62. The number of rotatable bonds is 2. The molecule has 1 amide bonds. The zero-order chi connectivity index (χ0) is 15.5. The van der Waals surface area contributed by atoms with E-state index in [4.69, 9.17) is 4.74 Å². The third-order valence-electron chi connectivity index (χ3n) is 3.65. The highest BCUT2D eigenvalue weighted by Crippen LogP contribution is 2.31. The van der Waals surface area contributed by atoms with Crippen LogP contribution in [0.25, 0.3) is 0 Å². The van der Waals surface area contributed by atoms with Crippen molar-refractivity contribution in [3.8, 4) is 0 Å². The van der Waals surface area contributed by atoms with Gasteiger partial charge in [-0.1, -0.05) is 24.3 Å². The van der Waals surface area contributed by atoms with Crippen molar-refractivity contribution in [3.05, 3.63) is 53.6 Å². The molecule has 0 spiro atoms. The molecule has 0 fully saturated rings. The van der Waals surface area contributed by atoms with E-state index in [-0.39, 0.29) is 6.10 Å². The first kappa shape index (κ1) is 14.4. The summed E-state index contributed by atoms with van der Waals surface area (Å²) in [7, 11) is 0. The molecule has 0 radical (unpaired) electrons. The Morgan fingerprint density at radius 2 is 1.82 bits per heavy atom. The van der Waals surface area contributed by atoms with Crippen LogP contribution in [0.2, 0.25) is 0 Å². The molecule has 4 heteroatoms. The van der Waals surface area contributed by atoms with Gasteiger partial charge in [-0.3, -0.25) is 5.32 Å². The summed E-state index contributed by atoms with van der Waals surface area (Å²) in [6.45, 7) is 3.66. The Balaban J connectivity index is 1.82. The maximum Gasteiger partial charge on any atom is 0.411 e. The molecule has 2 N–H and O–H groups in total. The Kier molecular flexibility index (Phi) is 4.00. The van der Waals surface area contributed by atoms with E-state index < -0.39 is 6.09 Å². The Morgan fingerprint density at radius 3 is 2.59 bits per heavy atom. The van der Waals surface area contributed by atoms with Crippen molar-refractivity contribution in [1.82, 2.24) is 0 Å². The Hall–Kier alpha value is -2.49. The first-order valence-corrected chi connectivity index (χ1v) is 7.57. The van der Waals surface area contributed by atoms with Gasteiger partial charge >= 0.3 is 6.09 Å². The quantitative estimate of drug-likeness (QED) is 0.858. The fraction of sp³-hybridized carbons (Fsp3) is 0.278. The van der Waals surface area contributed by atoms with Gasteiger partial charge in [0.05, 0.1) is 6.10 Å². The van der Waals surface area contributed by atoms with Crippen LogP contribution in [0.15, 0.2) is 42.5 Å². The van der Waals surface area contributed by atoms with Gasteiger partial charge in [0.1, 0.15) is 0 Å². The normalized spacial score (nSPS) is 12.7. The zero-order valence-corrected chi connectivity index (χ0v) is 12.8. The van der Waals surface area contributed by atoms with Crippen molar-refractivity contribution in [2.24, 2.45) is 0 Å². The van der Waals surface area contributed by atoms with E-state index >= 15 is 0 Å². The molecule has 0 unspecified atom stereocenters. The highest BCUT2D eigenvalue weighted by Gasteiger charge is 2.13. The molecule has 1 heterocycles. The summed E-state index contributed by atoms with van der Waals surface area (Å²) in [6, 6.07) is 14.2. The molecule has 0 saturated carbocycles. The minimum Gasteiger partial charge on any atom is -0.447 e. The van der Waals surface area contributed by atoms with Crippen LogP contribution in [-0.4, -0.2) is 12.2 Å². The SMILES string of the molecule is CC(C)OC(=O)Nc1ccc2c(c1)Nc1ccccc1CC2. The molecule has 0 atom stereocenters. The molecule has 1 aliphatic heterocycles. The monoisotopic (exact) mass is 296 g/mol. The second kappa shape index (κ2) is 6.10. The molecule has 3 rings (SSSR count). The summed E-state index contributed by atoms with van der Waals surface area (Å²) in [4.78, 5) is 11.7. The third-order valence-corrected chi connectivity index (χ3v) is 3.65. The number of amides is 1. The van der Waals surface area contributed by atoms with E-state index in [9.17, 15) is 4.79 Å². The maximum absolute atomic E-state index is 11.7. The van der Waals surface area contributed by atoms with Gasteiger partial charge in [0.25, 0.3) is 0 Å². The smallest absolute Gasteiger partial charge is 0.411 e. The molecule has 22 heavy (non-hydrogen) atoms. The number of hydrogen-bond donors (Lipinski definition) is 2. The van der Waals surface area contributed by atoms with Crippen molar-refractivity contribution >= 4 is 23.2 Å². The number of carbonyl (C=O) groups excluding carboxylic acids is 1. The maximum atomic E-state index is 11.7. The lowest BCUT2D eigenvalue weighted by molar-refractivity contribution is 0.130. The van der Waals surface area contributed by atoms with E-state index in [2.05, 4.69) is 34.9 Å². The Morgan fingerprint density at radius 1 is 1.09 bits per heavy atom. The van der Waals surface area contributed by atoms with Gasteiger partial charge in [0.2, 0.25) is 0 Å². The number of aryl methyl sites for hydroxylation is 2. The standard InChI is InChI=1S/C18H20N2O2/c1-12(2)22-18(21)19-15-10-9-14-8-7-13-5-3-4-6-16(13)20-17(14)11-15/h3-6,9-12,20H,7-8H2,1-2H3,(H,19,21). The Labute approximate surface area is 130 Å². The predicted octanol–water partition coefficient (Wildman–Crippen LogP) is 4.49. The average Bonchev–Trinajstić information content (AvgIpc) is 2.64. The van der Waals surface area contributed by atoms with Crippen molar-refractivity contribution in [3.63, 3.8) is 0 Å². The van der Waals surface area contributed by atoms with Gasteiger partial charge in [-0.05, 0) is 56.0 Å². The lowest BCUT2D eigenvalue weighted by Crippen LogP contribution is -2.18. The molecule has 2 aromatic rings. The number of anilines is 3. The van der Waals surface area contributed by atoms with Crippen LogP contribution in [-0.2, 0) is 17.6 Å². The van der Waals surface area contributed by atoms with Gasteiger partial charge < -0.3 is 10.1 Å². The van der Waals surface area contributed by atoms with Gasteiger partial charge in [-0.25, -0.2) is 4.79 Å². The molecule has 0 bridgehead atoms. The molecule has 4 nitrogen and oxygen atoms in total. The lowest BCUT2D eigenvalue weighted by atomic mass is 10.0. The minimum absolute atomic E-state index is 0.133. The first-order valence-electron chi connectivity index (χ1n) is 7.57. The second-order valence-electron chi connectivity index (χ2n) is 5.73. The summed E-state index contributed by atoms with van der Waals surface area (Å²) >= 11 is 0. The number of benzene rings is 2. The highest BCUT2D eigenvalue weighted by atomic mass is 16.6. The molecule has 0 aliphatic carbocycles. The van der Waals surface area contributed by atoms with Crippen molar-refractivity contribution < 1.29 is 9.53 Å². The largest absolute Gasteiger partial charge is 0.447 e. The summed E-state index contributed by atoms with van der Waals surface area (Å²) in [5.74, 6) is 0. The molecule has 1 aliphatic rings. The summed E-state index contributed by atoms with van der Waals surface area (Å²) in [6.07, 6.45) is 1.43. The van der Waals surface area contributed by atoms with Crippen molar-refractivity contribution in [2.75, 3.05) is 10.6 Å². The zero-order valence-electron chi connectivity index (χ0n) is 12.8. The third kappa shape index (κ3) is 3.22. The van der Waals surface area contributed by atoms with E-state index in [1.165, 1.54) is 11.1 Å². The van der Waals surface area contributed by atoms with Crippen LogP contribution in [0.5, 0.6) is 0 Å². The number of para-hydroxylation sites is 1. The Bertz CT molecular complexity index is 695. The molecule has 2 aromatic carbocycles. The van der Waals surface area contributed by atoms with Gasteiger partial charge in [0, 0.05) is 17.1 Å². The van der Waals surface area contributed by atoms with Crippen LogP contribution < -0.4 is 10.6 Å². The molecule has 0 aromatic heterocycles. The number of nitrogens with one attached hydrogen (secondary N) is 2. The average molecular weight is 296 g/mol. The summed E-state index contributed by atoms with van der Waals surface area (Å²) in [5, 5.41) is 6.23. The van der Waals surface area contributed by atoms with Crippen molar-refractivity contribution in [2.45, 2.75) is 32.8 Å². The van der Waals surface area contributed by atoms with E-state index in [1.807, 2.05) is 32.0 Å². The number of hydrogen-bond acceptors (Lipinski definition) is 3. The molecular weight excluding hydrogens is 276 g/mol. The van der Waals surface area contributed by atoms with E-state index in [0.717, 1.165) is 29.9 Å². The number of ether oxygens (including phenoxy) is 1. The van der Waals surface area contributed by atoms with Crippen LogP contribution >= 0.6 is 0 Å². The first-order chi connectivity index (χ1) is 10.6. The highest BCUT2D eigenvalue weighted by molar-refractivity contribution is 5.86. The summed E-state index contributed by atoms with van der Waals surface area (Å²) < 4.78 is 5.11. The van der Waals surface area contributed by atoms with Crippen LogP contribution in [0, 0.1) is 0 Å². The molecule has 0 saturated heterocycles. The number of carbonyl (C=O) groups is 1. The molecule has 114 valence electrons. The fourth-order valence-corrected chi connectivity index (χ4v) is 2.62. The molecular formula is C18H20N2O2. The van der Waals surface area contributed by atoms with Crippen LogP contribution in [0.4, 0.5) is 21.9 Å². The van der Waals surface area contributed by atoms with Crippen LogP contribution in [0.1, 0.15) is 25.0 Å². The minimum atomic E-state index is -0.427. The summed E-state index contributed by atoms with van der Waals surface area (Å²) in [5.41, 5.74) is 5.46.